The maximum Gasteiger partial charge on any atom is 0.270 e. The first-order chi connectivity index (χ1) is 9.08. The molecule has 102 valence electrons. The molecule has 7 heteroatoms. The highest BCUT2D eigenvalue weighted by Crippen LogP contribution is 2.22. The molecule has 2 rings (SSSR count). The zero-order chi connectivity index (χ0) is 13.8. The molecule has 1 aromatic carbocycles. The van der Waals surface area contributed by atoms with E-state index >= 15 is 0 Å². The van der Waals surface area contributed by atoms with Crippen molar-refractivity contribution >= 4 is 23.2 Å². The number of carbonyl (C=O) groups is 1. The van der Waals surface area contributed by atoms with Crippen molar-refractivity contribution in [3.8, 4) is 0 Å². The van der Waals surface area contributed by atoms with Gasteiger partial charge in [0.1, 0.15) is 0 Å². The second-order valence-electron chi connectivity index (χ2n) is 4.27. The number of carbonyl (C=O) groups excluding carboxylic acids is 1. The highest BCUT2D eigenvalue weighted by molar-refractivity contribution is 6.33. The third-order valence-electron chi connectivity index (χ3n) is 2.92. The van der Waals surface area contributed by atoms with Crippen molar-refractivity contribution in [2.24, 2.45) is 0 Å². The molecule has 0 saturated carbocycles. The summed E-state index contributed by atoms with van der Waals surface area (Å²) in [6.07, 6.45) is 1.91. The Kier molecular flexibility index (Phi) is 4.34. The van der Waals surface area contributed by atoms with Gasteiger partial charge in [0, 0.05) is 25.3 Å². The van der Waals surface area contributed by atoms with Gasteiger partial charge in [0.05, 0.1) is 21.6 Å². The van der Waals surface area contributed by atoms with Gasteiger partial charge in [-0.05, 0) is 18.9 Å². The summed E-state index contributed by atoms with van der Waals surface area (Å²) in [5, 5.41) is 13.5. The third-order valence-corrected chi connectivity index (χ3v) is 3.25. The van der Waals surface area contributed by atoms with Crippen LogP contribution in [0.2, 0.25) is 5.02 Å². The Morgan fingerprint density at radius 3 is 3.00 bits per heavy atom. The van der Waals surface area contributed by atoms with Crippen molar-refractivity contribution in [3.63, 3.8) is 0 Å². The molecule has 0 aromatic heterocycles. The second kappa shape index (κ2) is 5.99. The zero-order valence-electron chi connectivity index (χ0n) is 10.1. The minimum Gasteiger partial charge on any atom is -0.376 e. The molecule has 1 aromatic rings. The molecule has 0 unspecified atom stereocenters. The number of non-ortho nitro benzene ring substituents is 1. The Labute approximate surface area is 114 Å². The number of halogens is 1. The van der Waals surface area contributed by atoms with Crippen molar-refractivity contribution in [1.29, 1.82) is 0 Å². The van der Waals surface area contributed by atoms with Gasteiger partial charge in [0.15, 0.2) is 0 Å². The predicted octanol–water partition coefficient (Wildman–Crippen LogP) is 2.16. The average Bonchev–Trinajstić information content (AvgIpc) is 2.89. The largest absolute Gasteiger partial charge is 0.376 e. The minimum atomic E-state index is -0.562. The van der Waals surface area contributed by atoms with Gasteiger partial charge in [-0.3, -0.25) is 14.9 Å². The molecular formula is C12H13ClN2O4. The monoisotopic (exact) mass is 284 g/mol. The van der Waals surface area contributed by atoms with Gasteiger partial charge in [-0.2, -0.15) is 0 Å². The van der Waals surface area contributed by atoms with E-state index in [-0.39, 0.29) is 22.4 Å². The average molecular weight is 285 g/mol. The van der Waals surface area contributed by atoms with Gasteiger partial charge >= 0.3 is 0 Å². The number of ether oxygens (including phenoxy) is 1. The number of benzene rings is 1. The normalized spacial score (nSPS) is 18.3. The fraction of sp³-hybridized carbons (Fsp3) is 0.417. The van der Waals surface area contributed by atoms with E-state index in [1.807, 2.05) is 0 Å². The van der Waals surface area contributed by atoms with E-state index in [0.717, 1.165) is 12.8 Å². The first kappa shape index (κ1) is 13.8. The first-order valence-corrected chi connectivity index (χ1v) is 6.29. The fourth-order valence-corrected chi connectivity index (χ4v) is 2.11. The Balaban J connectivity index is 2.04. The quantitative estimate of drug-likeness (QED) is 0.678. The number of amides is 1. The van der Waals surface area contributed by atoms with Gasteiger partial charge in [-0.1, -0.05) is 11.6 Å². The van der Waals surface area contributed by atoms with Crippen LogP contribution in [0.3, 0.4) is 0 Å². The molecule has 1 N–H and O–H groups in total. The first-order valence-electron chi connectivity index (χ1n) is 5.91. The number of hydrogen-bond acceptors (Lipinski definition) is 4. The van der Waals surface area contributed by atoms with Crippen LogP contribution in [0.1, 0.15) is 23.2 Å². The Bertz CT molecular complexity index is 501. The van der Waals surface area contributed by atoms with E-state index in [1.165, 1.54) is 18.2 Å². The Morgan fingerprint density at radius 2 is 2.37 bits per heavy atom. The lowest BCUT2D eigenvalue weighted by Gasteiger charge is -2.11. The van der Waals surface area contributed by atoms with Gasteiger partial charge in [-0.15, -0.1) is 0 Å². The number of nitro benzene ring substituents is 1. The minimum absolute atomic E-state index is 0.0152. The molecule has 1 saturated heterocycles. The molecule has 0 spiro atoms. The molecule has 1 atom stereocenters. The van der Waals surface area contributed by atoms with Crippen molar-refractivity contribution in [2.75, 3.05) is 13.2 Å². The second-order valence-corrected chi connectivity index (χ2v) is 4.67. The van der Waals surface area contributed by atoms with Crippen LogP contribution in [0.15, 0.2) is 18.2 Å². The summed E-state index contributed by atoms with van der Waals surface area (Å²) in [5.74, 6) is -0.427. The van der Waals surface area contributed by atoms with Crippen LogP contribution in [0.5, 0.6) is 0 Å². The molecule has 1 aliphatic heterocycles. The summed E-state index contributed by atoms with van der Waals surface area (Å²) >= 11 is 5.88. The van der Waals surface area contributed by atoms with E-state index in [9.17, 15) is 14.9 Å². The summed E-state index contributed by atoms with van der Waals surface area (Å²) in [4.78, 5) is 22.0. The highest BCUT2D eigenvalue weighted by Gasteiger charge is 2.19. The van der Waals surface area contributed by atoms with Gasteiger partial charge < -0.3 is 10.1 Å². The van der Waals surface area contributed by atoms with Gasteiger partial charge in [0.25, 0.3) is 11.6 Å². The standard InChI is InChI=1S/C12H13ClN2O4/c13-11-4-3-8(15(17)18)6-10(11)12(16)14-7-9-2-1-5-19-9/h3-4,6,9H,1-2,5,7H2,(H,14,16)/t9-/m0/s1. The summed E-state index contributed by atoms with van der Waals surface area (Å²) in [5.41, 5.74) is -0.0551. The number of nitrogens with zero attached hydrogens (tertiary/aromatic N) is 1. The summed E-state index contributed by atoms with van der Waals surface area (Å²) in [6.45, 7) is 1.09. The molecule has 19 heavy (non-hydrogen) atoms. The smallest absolute Gasteiger partial charge is 0.270 e. The maximum atomic E-state index is 11.9. The molecule has 6 nitrogen and oxygen atoms in total. The topological polar surface area (TPSA) is 81.5 Å². The van der Waals surface area contributed by atoms with Crippen LogP contribution in [-0.2, 0) is 4.74 Å². The molecular weight excluding hydrogens is 272 g/mol. The number of nitro groups is 1. The van der Waals surface area contributed by atoms with E-state index in [0.29, 0.717) is 13.2 Å². The summed E-state index contributed by atoms with van der Waals surface area (Å²) in [7, 11) is 0. The van der Waals surface area contributed by atoms with Crippen LogP contribution in [0.25, 0.3) is 0 Å². The predicted molar refractivity (Wildman–Crippen MR) is 69.4 cm³/mol. The zero-order valence-corrected chi connectivity index (χ0v) is 10.9. The van der Waals surface area contributed by atoms with E-state index < -0.39 is 10.8 Å². The van der Waals surface area contributed by atoms with Crippen LogP contribution >= 0.6 is 11.6 Å². The molecule has 1 fully saturated rings. The lowest BCUT2D eigenvalue weighted by atomic mass is 10.1. The molecule has 0 aliphatic carbocycles. The van der Waals surface area contributed by atoms with Crippen molar-refractivity contribution in [2.45, 2.75) is 18.9 Å². The summed E-state index contributed by atoms with van der Waals surface area (Å²) < 4.78 is 5.38. The third kappa shape index (κ3) is 3.42. The van der Waals surface area contributed by atoms with Crippen molar-refractivity contribution < 1.29 is 14.5 Å². The fourth-order valence-electron chi connectivity index (χ4n) is 1.91. The van der Waals surface area contributed by atoms with Crippen molar-refractivity contribution in [3.05, 3.63) is 38.9 Å². The highest BCUT2D eigenvalue weighted by atomic mass is 35.5. The summed E-state index contributed by atoms with van der Waals surface area (Å²) in [6, 6.07) is 3.78. The van der Waals surface area contributed by atoms with E-state index in [4.69, 9.17) is 16.3 Å². The van der Waals surface area contributed by atoms with Crippen LogP contribution in [0, 0.1) is 10.1 Å². The molecule has 1 heterocycles. The Morgan fingerprint density at radius 1 is 1.58 bits per heavy atom. The lowest BCUT2D eigenvalue weighted by Crippen LogP contribution is -2.31. The van der Waals surface area contributed by atoms with Crippen molar-refractivity contribution in [1.82, 2.24) is 5.32 Å². The number of nitrogens with one attached hydrogen (secondary N) is 1. The maximum absolute atomic E-state index is 11.9. The molecule has 0 bridgehead atoms. The van der Waals surface area contributed by atoms with Gasteiger partial charge in [0.2, 0.25) is 0 Å². The molecule has 1 amide bonds. The lowest BCUT2D eigenvalue weighted by molar-refractivity contribution is -0.384. The number of hydrogen-bond donors (Lipinski definition) is 1. The van der Waals surface area contributed by atoms with Gasteiger partial charge in [-0.25, -0.2) is 0 Å². The Hall–Kier alpha value is -1.66. The van der Waals surface area contributed by atoms with Crippen LogP contribution in [0.4, 0.5) is 5.69 Å². The van der Waals surface area contributed by atoms with E-state index in [2.05, 4.69) is 5.32 Å². The SMILES string of the molecule is O=C(NC[C@@H]1CCCO1)c1cc([N+](=O)[O-])ccc1Cl. The molecule has 1 aliphatic rings. The molecule has 0 radical (unpaired) electrons. The van der Waals surface area contributed by atoms with Crippen LogP contribution < -0.4 is 5.32 Å². The van der Waals surface area contributed by atoms with E-state index in [1.54, 1.807) is 0 Å². The van der Waals surface area contributed by atoms with Crippen LogP contribution in [-0.4, -0.2) is 30.1 Å². The number of rotatable bonds is 4.